The molecule has 5 nitrogen and oxygen atoms in total. The normalized spacial score (nSPS) is 29.3. The average Bonchev–Trinajstić information content (AvgIpc) is 3.12. The minimum atomic E-state index is -0.666. The summed E-state index contributed by atoms with van der Waals surface area (Å²) in [6.07, 6.45) is 2.25. The van der Waals surface area contributed by atoms with Gasteiger partial charge in [-0.15, -0.1) is 0 Å². The van der Waals surface area contributed by atoms with Gasteiger partial charge in [-0.05, 0) is 42.6 Å². The second-order valence-corrected chi connectivity index (χ2v) is 6.37. The molecule has 0 radical (unpaired) electrons. The van der Waals surface area contributed by atoms with E-state index in [0.717, 1.165) is 24.8 Å². The maximum Gasteiger partial charge on any atom is 0.407 e. The van der Waals surface area contributed by atoms with Crippen molar-refractivity contribution < 1.29 is 19.4 Å². The first-order chi connectivity index (χ1) is 10.6. The standard InChI is InChI=1S/C17H21NO4/c19-16(20)15-8-12-6-13(15)7-14(12)9-18-17(21)22-10-11-4-2-1-3-5-11/h1-5,12-15H,6-10H2,(H,18,21)(H,19,20). The number of benzene rings is 1. The number of carbonyl (C=O) groups is 2. The van der Waals surface area contributed by atoms with Gasteiger partial charge in [-0.25, -0.2) is 4.79 Å². The number of carbonyl (C=O) groups excluding carboxylic acids is 1. The summed E-state index contributed by atoms with van der Waals surface area (Å²) < 4.78 is 5.18. The third kappa shape index (κ3) is 3.24. The fourth-order valence-corrected chi connectivity index (χ4v) is 3.94. The van der Waals surface area contributed by atoms with E-state index >= 15 is 0 Å². The maximum absolute atomic E-state index is 11.7. The lowest BCUT2D eigenvalue weighted by Crippen LogP contribution is -2.34. The molecule has 0 aromatic heterocycles. The Morgan fingerprint density at radius 1 is 1.14 bits per heavy atom. The Morgan fingerprint density at radius 2 is 1.91 bits per heavy atom. The Kier molecular flexibility index (Phi) is 4.32. The van der Waals surface area contributed by atoms with Crippen LogP contribution >= 0.6 is 0 Å². The molecule has 2 fully saturated rings. The quantitative estimate of drug-likeness (QED) is 0.877. The van der Waals surface area contributed by atoms with Crippen molar-refractivity contribution in [1.82, 2.24) is 5.32 Å². The molecule has 2 aliphatic rings. The molecule has 118 valence electrons. The molecule has 4 unspecified atom stereocenters. The van der Waals surface area contributed by atoms with Crippen LogP contribution in [0.4, 0.5) is 4.79 Å². The number of alkyl carbamates (subject to hydrolysis) is 1. The molecule has 2 bridgehead atoms. The highest BCUT2D eigenvalue weighted by Crippen LogP contribution is 2.51. The first-order valence-electron chi connectivity index (χ1n) is 7.81. The predicted molar refractivity (Wildman–Crippen MR) is 80.1 cm³/mol. The number of aliphatic carboxylic acids is 1. The van der Waals surface area contributed by atoms with Crippen LogP contribution in [0.1, 0.15) is 24.8 Å². The number of carboxylic acids is 1. The Morgan fingerprint density at radius 3 is 2.55 bits per heavy atom. The summed E-state index contributed by atoms with van der Waals surface area (Å²) in [4.78, 5) is 22.8. The molecule has 0 heterocycles. The van der Waals surface area contributed by atoms with Crippen LogP contribution in [-0.2, 0) is 16.1 Å². The molecule has 4 atom stereocenters. The van der Waals surface area contributed by atoms with Gasteiger partial charge < -0.3 is 15.2 Å². The van der Waals surface area contributed by atoms with E-state index in [2.05, 4.69) is 5.32 Å². The first-order valence-corrected chi connectivity index (χ1v) is 7.81. The van der Waals surface area contributed by atoms with Crippen LogP contribution in [0.2, 0.25) is 0 Å². The van der Waals surface area contributed by atoms with Crippen LogP contribution in [0.25, 0.3) is 0 Å². The van der Waals surface area contributed by atoms with Crippen molar-refractivity contribution in [1.29, 1.82) is 0 Å². The van der Waals surface area contributed by atoms with Gasteiger partial charge in [0.1, 0.15) is 6.61 Å². The summed E-state index contributed by atoms with van der Waals surface area (Å²) in [6.45, 7) is 0.853. The molecule has 2 N–H and O–H groups in total. The van der Waals surface area contributed by atoms with Crippen molar-refractivity contribution in [2.45, 2.75) is 25.9 Å². The Hall–Kier alpha value is -2.04. The topological polar surface area (TPSA) is 75.6 Å². The van der Waals surface area contributed by atoms with E-state index in [1.807, 2.05) is 30.3 Å². The molecule has 0 aliphatic heterocycles. The number of carboxylic acid groups (broad SMARTS) is 1. The SMILES string of the molecule is O=C(NCC1CC2CC1CC2C(=O)O)OCc1ccccc1. The lowest BCUT2D eigenvalue weighted by Gasteiger charge is -2.25. The Balaban J connectivity index is 1.39. The lowest BCUT2D eigenvalue weighted by molar-refractivity contribution is -0.143. The van der Waals surface area contributed by atoms with Gasteiger partial charge in [-0.2, -0.15) is 0 Å². The summed E-state index contributed by atoms with van der Waals surface area (Å²) in [5.74, 6) is 0.271. The van der Waals surface area contributed by atoms with Crippen LogP contribution in [0, 0.1) is 23.7 Å². The molecule has 1 aromatic carbocycles. The molecule has 2 saturated carbocycles. The molecule has 0 saturated heterocycles. The second-order valence-electron chi connectivity index (χ2n) is 6.37. The monoisotopic (exact) mass is 303 g/mol. The van der Waals surface area contributed by atoms with Gasteiger partial charge in [0.05, 0.1) is 5.92 Å². The predicted octanol–water partition coefficient (Wildman–Crippen LogP) is 2.66. The van der Waals surface area contributed by atoms with Gasteiger partial charge in [0.15, 0.2) is 0 Å². The number of ether oxygens (including phenoxy) is 1. The van der Waals surface area contributed by atoms with Crippen molar-refractivity contribution in [3.63, 3.8) is 0 Å². The second kappa shape index (κ2) is 6.38. The van der Waals surface area contributed by atoms with Crippen LogP contribution in [-0.4, -0.2) is 23.7 Å². The number of hydrogen-bond acceptors (Lipinski definition) is 3. The molecule has 22 heavy (non-hydrogen) atoms. The van der Waals surface area contributed by atoms with Crippen molar-refractivity contribution in [2.75, 3.05) is 6.54 Å². The van der Waals surface area contributed by atoms with Crippen molar-refractivity contribution in [3.8, 4) is 0 Å². The minimum absolute atomic E-state index is 0.175. The third-order valence-corrected chi connectivity index (χ3v) is 5.04. The van der Waals surface area contributed by atoms with E-state index in [4.69, 9.17) is 9.84 Å². The molecule has 2 aliphatic carbocycles. The van der Waals surface area contributed by atoms with Crippen molar-refractivity contribution >= 4 is 12.1 Å². The van der Waals surface area contributed by atoms with E-state index in [9.17, 15) is 9.59 Å². The average molecular weight is 303 g/mol. The summed E-state index contributed by atoms with van der Waals surface area (Å²) in [7, 11) is 0. The summed E-state index contributed by atoms with van der Waals surface area (Å²) in [6, 6.07) is 9.56. The van der Waals surface area contributed by atoms with Gasteiger partial charge in [0, 0.05) is 6.54 Å². The summed E-state index contributed by atoms with van der Waals surface area (Å²) in [5.41, 5.74) is 0.960. The molecule has 1 aromatic rings. The van der Waals surface area contributed by atoms with Crippen LogP contribution in [0.15, 0.2) is 30.3 Å². The number of fused-ring (bicyclic) bond motifs is 2. The molecule has 3 rings (SSSR count). The third-order valence-electron chi connectivity index (χ3n) is 5.04. The lowest BCUT2D eigenvalue weighted by atomic mass is 9.82. The summed E-state index contributed by atoms with van der Waals surface area (Å²) in [5, 5.41) is 11.9. The van der Waals surface area contributed by atoms with Gasteiger partial charge in [-0.1, -0.05) is 30.3 Å². The van der Waals surface area contributed by atoms with Gasteiger partial charge in [0.25, 0.3) is 0 Å². The number of amides is 1. The number of hydrogen-bond donors (Lipinski definition) is 2. The highest BCUT2D eigenvalue weighted by atomic mass is 16.5. The zero-order valence-corrected chi connectivity index (χ0v) is 12.4. The molecule has 1 amide bonds. The van der Waals surface area contributed by atoms with Gasteiger partial charge >= 0.3 is 12.1 Å². The van der Waals surface area contributed by atoms with Crippen molar-refractivity contribution in [2.24, 2.45) is 23.7 Å². The van der Waals surface area contributed by atoms with Crippen molar-refractivity contribution in [3.05, 3.63) is 35.9 Å². The Labute approximate surface area is 129 Å². The zero-order valence-electron chi connectivity index (χ0n) is 12.4. The highest BCUT2D eigenvalue weighted by Gasteiger charge is 2.48. The largest absolute Gasteiger partial charge is 0.481 e. The van der Waals surface area contributed by atoms with Gasteiger partial charge in [0.2, 0.25) is 0 Å². The van der Waals surface area contributed by atoms with Gasteiger partial charge in [-0.3, -0.25) is 4.79 Å². The first kappa shape index (κ1) is 14.9. The van der Waals surface area contributed by atoms with E-state index in [-0.39, 0.29) is 18.4 Å². The fraction of sp³-hybridized carbons (Fsp3) is 0.529. The van der Waals surface area contributed by atoms with Crippen LogP contribution in [0.5, 0.6) is 0 Å². The molecule has 0 spiro atoms. The van der Waals surface area contributed by atoms with E-state index in [0.29, 0.717) is 18.4 Å². The Bertz CT molecular complexity index is 545. The molecular weight excluding hydrogens is 282 g/mol. The smallest absolute Gasteiger partial charge is 0.407 e. The molecule has 5 heteroatoms. The van der Waals surface area contributed by atoms with Crippen LogP contribution < -0.4 is 5.32 Å². The highest BCUT2D eigenvalue weighted by molar-refractivity contribution is 5.71. The van der Waals surface area contributed by atoms with E-state index in [1.54, 1.807) is 0 Å². The summed E-state index contributed by atoms with van der Waals surface area (Å²) >= 11 is 0. The van der Waals surface area contributed by atoms with E-state index < -0.39 is 12.1 Å². The zero-order chi connectivity index (χ0) is 15.5. The number of rotatable bonds is 5. The minimum Gasteiger partial charge on any atom is -0.481 e. The van der Waals surface area contributed by atoms with E-state index in [1.165, 1.54) is 0 Å². The fourth-order valence-electron chi connectivity index (χ4n) is 3.94. The number of nitrogens with one attached hydrogen (secondary N) is 1. The maximum atomic E-state index is 11.7. The van der Waals surface area contributed by atoms with Crippen LogP contribution in [0.3, 0.4) is 0 Å². The molecular formula is C17H21NO4.